The van der Waals surface area contributed by atoms with Gasteiger partial charge in [-0.1, -0.05) is 36.4 Å². The van der Waals surface area contributed by atoms with E-state index in [1.165, 1.54) is 31.4 Å². The quantitative estimate of drug-likeness (QED) is 0.756. The van der Waals surface area contributed by atoms with Gasteiger partial charge in [0.05, 0.1) is 7.11 Å². The van der Waals surface area contributed by atoms with Gasteiger partial charge in [-0.3, -0.25) is 9.59 Å². The lowest BCUT2D eigenvalue weighted by molar-refractivity contribution is -0.167. The van der Waals surface area contributed by atoms with Gasteiger partial charge in [0.15, 0.2) is 0 Å². The van der Waals surface area contributed by atoms with Gasteiger partial charge in [0.2, 0.25) is 5.91 Å². The summed E-state index contributed by atoms with van der Waals surface area (Å²) >= 11 is 0. The van der Waals surface area contributed by atoms with Crippen molar-refractivity contribution in [3.05, 3.63) is 65.7 Å². The second-order valence-electron chi connectivity index (χ2n) is 5.40. The molecule has 8 heteroatoms. The third kappa shape index (κ3) is 5.88. The molecule has 0 atom stereocenters. The van der Waals surface area contributed by atoms with E-state index in [4.69, 9.17) is 4.74 Å². The van der Waals surface area contributed by atoms with E-state index in [1.807, 2.05) is 0 Å². The van der Waals surface area contributed by atoms with Crippen LogP contribution < -0.4 is 15.4 Å². The Morgan fingerprint density at radius 2 is 1.74 bits per heavy atom. The largest absolute Gasteiger partial charge is 0.496 e. The van der Waals surface area contributed by atoms with Crippen LogP contribution in [0, 0.1) is 0 Å². The van der Waals surface area contributed by atoms with Crippen molar-refractivity contribution in [3.8, 4) is 5.75 Å². The van der Waals surface area contributed by atoms with Crippen molar-refractivity contribution in [2.45, 2.75) is 12.7 Å². The number of hydrogen-bond donors (Lipinski definition) is 2. The molecule has 2 N–H and O–H groups in total. The molecule has 2 aromatic carbocycles. The Hall–Kier alpha value is -3.29. The van der Waals surface area contributed by atoms with E-state index in [2.05, 4.69) is 5.32 Å². The number of nitrogens with one attached hydrogen (secondary N) is 2. The summed E-state index contributed by atoms with van der Waals surface area (Å²) in [6, 6.07) is 13.0. The fourth-order valence-electron chi connectivity index (χ4n) is 2.20. The molecule has 0 unspecified atom stereocenters. The maximum Gasteiger partial charge on any atom is 0.471 e. The average Bonchev–Trinajstić information content (AvgIpc) is 2.65. The van der Waals surface area contributed by atoms with Crippen molar-refractivity contribution < 1.29 is 27.5 Å². The highest BCUT2D eigenvalue weighted by atomic mass is 19.4. The summed E-state index contributed by atoms with van der Waals surface area (Å²) in [5.74, 6) is -1.92. The number of hydrogen-bond acceptors (Lipinski definition) is 3. The highest BCUT2D eigenvalue weighted by Crippen LogP contribution is 2.21. The first-order valence-corrected chi connectivity index (χ1v) is 7.86. The Bertz CT molecular complexity index is 848. The van der Waals surface area contributed by atoms with E-state index in [-0.39, 0.29) is 12.2 Å². The number of carbonyl (C=O) groups is 2. The zero-order valence-corrected chi connectivity index (χ0v) is 14.3. The minimum absolute atomic E-state index is 0.0196. The molecule has 0 radical (unpaired) electrons. The Morgan fingerprint density at radius 3 is 2.44 bits per heavy atom. The van der Waals surface area contributed by atoms with Gasteiger partial charge < -0.3 is 15.4 Å². The maximum atomic E-state index is 12.4. The SMILES string of the molecule is COc1ccccc1/C=C/C(=O)NCc1ccccc1NC(=O)C(F)(F)F. The molecule has 0 spiro atoms. The summed E-state index contributed by atoms with van der Waals surface area (Å²) in [5.41, 5.74) is 1.02. The fourth-order valence-corrected chi connectivity index (χ4v) is 2.20. The summed E-state index contributed by atoms with van der Waals surface area (Å²) in [5, 5.41) is 4.36. The number of alkyl halides is 3. The van der Waals surface area contributed by atoms with Crippen molar-refractivity contribution in [1.82, 2.24) is 5.32 Å². The Kier molecular flexibility index (Phi) is 6.59. The third-order valence-corrected chi connectivity index (χ3v) is 3.53. The highest BCUT2D eigenvalue weighted by Gasteiger charge is 2.38. The van der Waals surface area contributed by atoms with Gasteiger partial charge in [0, 0.05) is 23.9 Å². The van der Waals surface area contributed by atoms with Gasteiger partial charge in [-0.05, 0) is 23.8 Å². The standard InChI is InChI=1S/C19H17F3N2O3/c1-27-16-9-5-3-6-13(16)10-11-17(25)23-12-14-7-2-4-8-15(14)24-18(26)19(20,21)22/h2-11H,12H2,1H3,(H,23,25)(H,24,26)/b11-10+. The molecule has 0 fully saturated rings. The normalized spacial score (nSPS) is 11.3. The molecule has 27 heavy (non-hydrogen) atoms. The Balaban J connectivity index is 2.01. The molecule has 0 bridgehead atoms. The Labute approximate surface area is 153 Å². The number of carbonyl (C=O) groups excluding carboxylic acids is 2. The molecular formula is C19H17F3N2O3. The van der Waals surface area contributed by atoms with Crippen LogP contribution in [-0.2, 0) is 16.1 Å². The van der Waals surface area contributed by atoms with Gasteiger partial charge >= 0.3 is 12.1 Å². The van der Waals surface area contributed by atoms with E-state index >= 15 is 0 Å². The zero-order valence-electron chi connectivity index (χ0n) is 14.3. The van der Waals surface area contributed by atoms with Crippen LogP contribution in [0.2, 0.25) is 0 Å². The second kappa shape index (κ2) is 8.88. The third-order valence-electron chi connectivity index (χ3n) is 3.53. The van der Waals surface area contributed by atoms with Crippen LogP contribution in [0.4, 0.5) is 18.9 Å². The van der Waals surface area contributed by atoms with Crippen molar-refractivity contribution in [3.63, 3.8) is 0 Å². The van der Waals surface area contributed by atoms with E-state index in [0.717, 1.165) is 0 Å². The minimum Gasteiger partial charge on any atom is -0.496 e. The number of amides is 2. The van der Waals surface area contributed by atoms with Crippen molar-refractivity contribution in [2.75, 3.05) is 12.4 Å². The van der Waals surface area contributed by atoms with Gasteiger partial charge in [-0.15, -0.1) is 0 Å². The van der Waals surface area contributed by atoms with Gasteiger partial charge in [0.25, 0.3) is 0 Å². The predicted molar refractivity (Wildman–Crippen MR) is 95.0 cm³/mol. The lowest BCUT2D eigenvalue weighted by Crippen LogP contribution is -2.30. The van der Waals surface area contributed by atoms with E-state index in [0.29, 0.717) is 16.9 Å². The maximum absolute atomic E-state index is 12.4. The molecule has 2 aromatic rings. The van der Waals surface area contributed by atoms with Crippen LogP contribution in [0.25, 0.3) is 6.08 Å². The van der Waals surface area contributed by atoms with Crippen molar-refractivity contribution in [1.29, 1.82) is 0 Å². The molecule has 0 aliphatic heterocycles. The number of rotatable bonds is 6. The lowest BCUT2D eigenvalue weighted by Gasteiger charge is -2.12. The molecule has 0 aliphatic rings. The lowest BCUT2D eigenvalue weighted by atomic mass is 10.1. The molecular weight excluding hydrogens is 361 g/mol. The highest BCUT2D eigenvalue weighted by molar-refractivity contribution is 5.96. The van der Waals surface area contributed by atoms with Crippen LogP contribution in [0.3, 0.4) is 0 Å². The molecule has 2 rings (SSSR count). The van der Waals surface area contributed by atoms with Crippen LogP contribution in [0.1, 0.15) is 11.1 Å². The number of ether oxygens (including phenoxy) is 1. The van der Waals surface area contributed by atoms with Crippen LogP contribution in [-0.4, -0.2) is 25.1 Å². The number of para-hydroxylation sites is 2. The predicted octanol–water partition coefficient (Wildman–Crippen LogP) is 3.53. The fraction of sp³-hybridized carbons (Fsp3) is 0.158. The first-order valence-electron chi connectivity index (χ1n) is 7.86. The molecule has 0 aliphatic carbocycles. The first-order chi connectivity index (χ1) is 12.8. The summed E-state index contributed by atoms with van der Waals surface area (Å²) in [6.45, 7) is -0.0522. The topological polar surface area (TPSA) is 67.4 Å². The van der Waals surface area contributed by atoms with Crippen LogP contribution in [0.15, 0.2) is 54.6 Å². The number of benzene rings is 2. The van der Waals surface area contributed by atoms with E-state index in [1.54, 1.807) is 41.7 Å². The minimum atomic E-state index is -4.99. The molecule has 2 amide bonds. The Morgan fingerprint density at radius 1 is 1.07 bits per heavy atom. The second-order valence-corrected chi connectivity index (χ2v) is 5.40. The summed E-state index contributed by atoms with van der Waals surface area (Å²) in [6.07, 6.45) is -2.14. The van der Waals surface area contributed by atoms with Crippen LogP contribution in [0.5, 0.6) is 5.75 Å². The first kappa shape index (κ1) is 20.0. The summed E-state index contributed by atoms with van der Waals surface area (Å²) in [4.78, 5) is 23.1. The molecule has 142 valence electrons. The molecule has 0 saturated carbocycles. The average molecular weight is 378 g/mol. The molecule has 0 heterocycles. The van der Waals surface area contributed by atoms with Crippen molar-refractivity contribution >= 4 is 23.6 Å². The molecule has 5 nitrogen and oxygen atoms in total. The van der Waals surface area contributed by atoms with Crippen molar-refractivity contribution in [2.24, 2.45) is 0 Å². The number of methoxy groups -OCH3 is 1. The summed E-state index contributed by atoms with van der Waals surface area (Å²) < 4.78 is 42.4. The van der Waals surface area contributed by atoms with E-state index < -0.39 is 18.0 Å². The van der Waals surface area contributed by atoms with E-state index in [9.17, 15) is 22.8 Å². The smallest absolute Gasteiger partial charge is 0.471 e. The zero-order chi connectivity index (χ0) is 19.9. The van der Waals surface area contributed by atoms with Gasteiger partial charge in [-0.25, -0.2) is 0 Å². The monoisotopic (exact) mass is 378 g/mol. The molecule has 0 saturated heterocycles. The number of halogens is 3. The number of anilines is 1. The molecule has 0 aromatic heterocycles. The summed E-state index contributed by atoms with van der Waals surface area (Å²) in [7, 11) is 1.51. The van der Waals surface area contributed by atoms with Gasteiger partial charge in [-0.2, -0.15) is 13.2 Å². The van der Waals surface area contributed by atoms with Gasteiger partial charge in [0.1, 0.15) is 5.75 Å². The van der Waals surface area contributed by atoms with Crippen LogP contribution >= 0.6 is 0 Å².